The van der Waals surface area contributed by atoms with Crippen molar-refractivity contribution < 1.29 is 38.7 Å². The number of imide groups is 2. The van der Waals surface area contributed by atoms with Crippen LogP contribution in [0.2, 0.25) is 0 Å². The normalized spacial score (nSPS) is 31.0. The molecule has 0 spiro atoms. The van der Waals surface area contributed by atoms with E-state index in [-0.39, 0.29) is 52.5 Å². The SMILES string of the molecule is COc1cc(O)c([C@H]2C3=CC[C@@H]4C(=O)N(c5cccc([N+](=O)[O-])c5)C(=O)[C@@H]4[C@@H]3C[C@@]3(Cl)C(=O)N(CBr)C(=O)[C@@]23Cl)c(OC)c1. The van der Waals surface area contributed by atoms with Crippen LogP contribution in [0.1, 0.15) is 24.3 Å². The van der Waals surface area contributed by atoms with E-state index in [9.17, 15) is 34.4 Å². The van der Waals surface area contributed by atoms with Gasteiger partial charge < -0.3 is 14.6 Å². The number of methoxy groups -OCH3 is 2. The number of allylic oxidation sites excluding steroid dienone is 2. The Morgan fingerprint density at radius 3 is 2.43 bits per heavy atom. The fourth-order valence-electron chi connectivity index (χ4n) is 7.23. The Morgan fingerprint density at radius 1 is 1.07 bits per heavy atom. The van der Waals surface area contributed by atoms with E-state index < -0.39 is 62.0 Å². The number of benzene rings is 2. The van der Waals surface area contributed by atoms with E-state index in [1.54, 1.807) is 6.08 Å². The van der Waals surface area contributed by atoms with Gasteiger partial charge in [0.05, 0.1) is 42.1 Å². The molecule has 44 heavy (non-hydrogen) atoms. The maximum Gasteiger partial charge on any atom is 0.271 e. The summed E-state index contributed by atoms with van der Waals surface area (Å²) < 4.78 is 10.9. The van der Waals surface area contributed by atoms with Gasteiger partial charge in [-0.3, -0.25) is 34.2 Å². The van der Waals surface area contributed by atoms with Crippen molar-refractivity contribution >= 4 is 74.1 Å². The summed E-state index contributed by atoms with van der Waals surface area (Å²) in [6.07, 6.45) is 1.50. The minimum absolute atomic E-state index is 0.0387. The highest BCUT2D eigenvalue weighted by molar-refractivity contribution is 9.09. The van der Waals surface area contributed by atoms with Crippen molar-refractivity contribution in [1.29, 1.82) is 0 Å². The van der Waals surface area contributed by atoms with Gasteiger partial charge in [0.2, 0.25) is 11.8 Å². The van der Waals surface area contributed by atoms with Gasteiger partial charge in [0.15, 0.2) is 9.75 Å². The van der Waals surface area contributed by atoms with Crippen LogP contribution in [0.25, 0.3) is 0 Å². The zero-order valence-corrected chi connectivity index (χ0v) is 26.3. The topological polar surface area (TPSA) is 157 Å². The highest BCUT2D eigenvalue weighted by Crippen LogP contribution is 2.67. The van der Waals surface area contributed by atoms with E-state index in [4.69, 9.17) is 32.7 Å². The highest BCUT2D eigenvalue weighted by atomic mass is 79.9. The van der Waals surface area contributed by atoms with E-state index >= 15 is 0 Å². The van der Waals surface area contributed by atoms with Crippen LogP contribution >= 0.6 is 39.1 Å². The quantitative estimate of drug-likeness (QED) is 0.116. The minimum Gasteiger partial charge on any atom is -0.507 e. The predicted molar refractivity (Wildman–Crippen MR) is 160 cm³/mol. The lowest BCUT2D eigenvalue weighted by molar-refractivity contribution is -0.384. The molecule has 2 aliphatic heterocycles. The molecule has 0 aromatic heterocycles. The number of phenolic OH excluding ortho intramolecular Hbond substituents is 1. The van der Waals surface area contributed by atoms with Gasteiger partial charge in [-0.25, -0.2) is 4.90 Å². The van der Waals surface area contributed by atoms with Gasteiger partial charge in [0.1, 0.15) is 17.2 Å². The lowest BCUT2D eigenvalue weighted by Crippen LogP contribution is -2.60. The van der Waals surface area contributed by atoms with Crippen LogP contribution in [0.5, 0.6) is 17.2 Å². The van der Waals surface area contributed by atoms with Crippen LogP contribution in [0.3, 0.4) is 0 Å². The molecule has 12 nitrogen and oxygen atoms in total. The molecule has 1 saturated carbocycles. The van der Waals surface area contributed by atoms with Crippen LogP contribution in [-0.2, 0) is 19.2 Å². The molecule has 3 fully saturated rings. The maximum absolute atomic E-state index is 14.1. The lowest BCUT2D eigenvalue weighted by Gasteiger charge is -2.51. The Balaban J connectivity index is 1.55. The zero-order valence-electron chi connectivity index (χ0n) is 23.2. The Hall–Kier alpha value is -3.68. The van der Waals surface area contributed by atoms with Gasteiger partial charge in [0.25, 0.3) is 17.5 Å². The molecule has 2 heterocycles. The fraction of sp³-hybridized carbons (Fsp3) is 0.379. The zero-order chi connectivity index (χ0) is 31.9. The number of likely N-dealkylation sites (tertiary alicyclic amines) is 1. The molecule has 2 saturated heterocycles. The Kier molecular flexibility index (Phi) is 7.21. The average Bonchev–Trinajstić information content (AvgIpc) is 3.34. The lowest BCUT2D eigenvalue weighted by atomic mass is 9.56. The van der Waals surface area contributed by atoms with Gasteiger partial charge in [0, 0.05) is 35.7 Å². The Labute approximate surface area is 268 Å². The number of aromatic hydroxyl groups is 1. The number of hydrogen-bond acceptors (Lipinski definition) is 9. The number of non-ortho nitro benzene ring substituents is 1. The van der Waals surface area contributed by atoms with Crippen LogP contribution in [0, 0.1) is 27.9 Å². The number of hydrogen-bond donors (Lipinski definition) is 1. The van der Waals surface area contributed by atoms with Crippen LogP contribution < -0.4 is 14.4 Å². The third kappa shape index (κ3) is 3.88. The Morgan fingerprint density at radius 2 is 1.80 bits per heavy atom. The molecule has 1 N–H and O–H groups in total. The molecule has 2 aromatic carbocycles. The molecule has 2 aliphatic carbocycles. The standard InChI is InChI=1S/C29H24BrCl2N3O9/c1-43-15-9-19(36)22(20(10-15)44-2)23-16-6-7-17-21(18(16)11-28(31)26(39)33(12-30)27(40)29(23,28)32)25(38)34(24(17)37)13-4-3-5-14(8-13)35(41)42/h3-6,8-10,17-18,21,23,36H,7,11-12H2,1-2H3/t17-,18+,21-,23+,28+,29-/m0/s1. The first-order chi connectivity index (χ1) is 20.8. The summed E-state index contributed by atoms with van der Waals surface area (Å²) in [6, 6.07) is 7.99. The number of anilines is 1. The molecule has 6 rings (SSSR count). The molecule has 4 aliphatic rings. The number of rotatable bonds is 6. The third-order valence-corrected chi connectivity index (χ3v) is 11.1. The largest absolute Gasteiger partial charge is 0.507 e. The summed E-state index contributed by atoms with van der Waals surface area (Å²) in [5.74, 6) is -6.82. The first-order valence-electron chi connectivity index (χ1n) is 13.4. The van der Waals surface area contributed by atoms with Crippen molar-refractivity contribution in [3.05, 3.63) is 63.7 Å². The number of ether oxygens (including phenoxy) is 2. The first kappa shape index (κ1) is 30.4. The summed E-state index contributed by atoms with van der Waals surface area (Å²) in [7, 11) is 2.74. The number of phenols is 1. The number of nitro groups is 1. The number of nitrogens with zero attached hydrogens (tertiary/aromatic N) is 3. The highest BCUT2D eigenvalue weighted by Gasteiger charge is 2.76. The van der Waals surface area contributed by atoms with Crippen molar-refractivity contribution in [3.63, 3.8) is 0 Å². The second kappa shape index (κ2) is 10.5. The molecule has 0 unspecified atom stereocenters. The smallest absolute Gasteiger partial charge is 0.271 e. The van der Waals surface area contributed by atoms with E-state index in [1.165, 1.54) is 44.6 Å². The molecular weight excluding hydrogens is 685 g/mol. The summed E-state index contributed by atoms with van der Waals surface area (Å²) >= 11 is 17.6. The summed E-state index contributed by atoms with van der Waals surface area (Å²) in [6.45, 7) is 0. The number of carbonyl (C=O) groups is 4. The van der Waals surface area contributed by atoms with Gasteiger partial charge >= 0.3 is 0 Å². The summed E-state index contributed by atoms with van der Waals surface area (Å²) in [4.78, 5) is 64.0. The summed E-state index contributed by atoms with van der Waals surface area (Å²) in [5, 5.41) is 22.7. The Bertz CT molecular complexity index is 1700. The molecular formula is C29H24BrCl2N3O9. The number of carbonyl (C=O) groups excluding carboxylic acids is 4. The van der Waals surface area contributed by atoms with Gasteiger partial charge in [-0.2, -0.15) is 0 Å². The van der Waals surface area contributed by atoms with Gasteiger partial charge in [-0.15, -0.1) is 23.2 Å². The monoisotopic (exact) mass is 707 g/mol. The number of alkyl halides is 3. The third-order valence-electron chi connectivity index (χ3n) is 9.15. The van der Waals surface area contributed by atoms with Crippen molar-refractivity contribution in [1.82, 2.24) is 4.90 Å². The van der Waals surface area contributed by atoms with Crippen molar-refractivity contribution in [3.8, 4) is 17.2 Å². The first-order valence-corrected chi connectivity index (χ1v) is 15.3. The molecule has 230 valence electrons. The second-order valence-corrected chi connectivity index (χ2v) is 12.8. The van der Waals surface area contributed by atoms with Crippen LogP contribution in [0.4, 0.5) is 11.4 Å². The number of amides is 4. The molecule has 2 aromatic rings. The molecule has 15 heteroatoms. The molecule has 0 radical (unpaired) electrons. The van der Waals surface area contributed by atoms with E-state index in [2.05, 4.69) is 15.9 Å². The van der Waals surface area contributed by atoms with E-state index in [0.29, 0.717) is 5.57 Å². The number of halogens is 3. The summed E-state index contributed by atoms with van der Waals surface area (Å²) in [5.41, 5.74) is 0.0355. The van der Waals surface area contributed by atoms with Crippen LogP contribution in [-0.4, -0.2) is 68.0 Å². The average molecular weight is 709 g/mol. The van der Waals surface area contributed by atoms with Gasteiger partial charge in [-0.05, 0) is 24.8 Å². The maximum atomic E-state index is 14.1. The second-order valence-electron chi connectivity index (χ2n) is 11.0. The number of nitro benzene ring substituents is 1. The van der Waals surface area contributed by atoms with Crippen LogP contribution in [0.15, 0.2) is 48.0 Å². The molecule has 4 amide bonds. The number of fused-ring (bicyclic) bond motifs is 4. The molecule has 0 bridgehead atoms. The van der Waals surface area contributed by atoms with E-state index in [1.807, 2.05) is 0 Å². The minimum atomic E-state index is -2.15. The predicted octanol–water partition coefficient (Wildman–Crippen LogP) is 4.23. The van der Waals surface area contributed by atoms with Crippen molar-refractivity contribution in [2.24, 2.45) is 17.8 Å². The van der Waals surface area contributed by atoms with E-state index in [0.717, 1.165) is 15.9 Å². The van der Waals surface area contributed by atoms with Gasteiger partial charge in [-0.1, -0.05) is 33.6 Å². The van der Waals surface area contributed by atoms with Crippen molar-refractivity contribution in [2.75, 3.05) is 24.6 Å². The fourth-order valence-corrected chi connectivity index (χ4v) is 8.64. The van der Waals surface area contributed by atoms with Crippen molar-refractivity contribution in [2.45, 2.75) is 28.5 Å². The molecule has 6 atom stereocenters.